The van der Waals surface area contributed by atoms with Crippen LogP contribution in [0, 0.1) is 12.8 Å². The molecule has 0 saturated heterocycles. The molecule has 160 valence electrons. The average Bonchev–Trinajstić information content (AvgIpc) is 3.07. The molecule has 31 heavy (non-hydrogen) atoms. The highest BCUT2D eigenvalue weighted by atomic mass is 79.9. The van der Waals surface area contributed by atoms with Gasteiger partial charge in [0, 0.05) is 11.0 Å². The lowest BCUT2D eigenvalue weighted by atomic mass is 9.77. The Morgan fingerprint density at radius 1 is 1.19 bits per heavy atom. The van der Waals surface area contributed by atoms with Gasteiger partial charge in [-0.1, -0.05) is 28.1 Å². The number of ketones is 1. The highest BCUT2D eigenvalue weighted by Crippen LogP contribution is 2.48. The molecule has 6 nitrogen and oxygen atoms in total. The number of amides is 1. The van der Waals surface area contributed by atoms with Crippen molar-refractivity contribution >= 4 is 33.4 Å². The molecule has 1 aliphatic carbocycles. The summed E-state index contributed by atoms with van der Waals surface area (Å²) in [6.07, 6.45) is 3.81. The largest absolute Gasteiger partial charge is 0.497 e. The average molecular weight is 483 g/mol. The molecule has 2 aliphatic heterocycles. The highest BCUT2D eigenvalue weighted by Gasteiger charge is 2.53. The fourth-order valence-electron chi connectivity index (χ4n) is 4.83. The lowest BCUT2D eigenvalue weighted by molar-refractivity contribution is -0.131. The smallest absolute Gasteiger partial charge is 0.295 e. The van der Waals surface area contributed by atoms with Gasteiger partial charge in [-0.25, -0.2) is 4.98 Å². The number of pyridine rings is 1. The number of hydrogen-bond donors (Lipinski definition) is 0. The van der Waals surface area contributed by atoms with Gasteiger partial charge in [0.2, 0.25) is 0 Å². The standard InChI is InChI=1S/C24H23BrN2O4/c1-13-8-9-26-19(10-13)27-21(14-4-3-5-16(11-14)30-2)20-22(28)17-12-15(25)6-7-18(17)31-23(20)24(27)29/h3-5,8-11,15,17-18,21H,6-7,12H2,1-2H3. The second-order valence-electron chi connectivity index (χ2n) is 8.33. The zero-order valence-electron chi connectivity index (χ0n) is 17.4. The Hall–Kier alpha value is -2.67. The first kappa shape index (κ1) is 20.2. The minimum Gasteiger partial charge on any atom is -0.497 e. The molecule has 3 aliphatic rings. The summed E-state index contributed by atoms with van der Waals surface area (Å²) in [4.78, 5) is 33.6. The molecule has 5 rings (SSSR count). The maximum atomic E-state index is 13.7. The van der Waals surface area contributed by atoms with Crippen LogP contribution in [-0.4, -0.2) is 34.7 Å². The van der Waals surface area contributed by atoms with Gasteiger partial charge in [0.15, 0.2) is 11.5 Å². The number of rotatable bonds is 3. The van der Waals surface area contributed by atoms with Crippen LogP contribution in [0.3, 0.4) is 0 Å². The summed E-state index contributed by atoms with van der Waals surface area (Å²) in [5, 5.41) is 0. The van der Waals surface area contributed by atoms with Crippen molar-refractivity contribution < 1.29 is 19.1 Å². The number of aromatic nitrogens is 1. The van der Waals surface area contributed by atoms with E-state index in [1.54, 1.807) is 18.2 Å². The van der Waals surface area contributed by atoms with Gasteiger partial charge in [-0.05, 0) is 61.6 Å². The Labute approximate surface area is 189 Å². The van der Waals surface area contributed by atoms with Crippen LogP contribution in [0.5, 0.6) is 5.75 Å². The van der Waals surface area contributed by atoms with Crippen LogP contribution >= 0.6 is 15.9 Å². The zero-order chi connectivity index (χ0) is 21.7. The number of anilines is 1. The normalized spacial score (nSPS) is 27.6. The molecule has 1 aromatic heterocycles. The third-order valence-corrected chi connectivity index (χ3v) is 7.17. The van der Waals surface area contributed by atoms with E-state index in [2.05, 4.69) is 20.9 Å². The molecule has 7 heteroatoms. The summed E-state index contributed by atoms with van der Waals surface area (Å²) in [7, 11) is 1.60. The van der Waals surface area contributed by atoms with Gasteiger partial charge in [0.05, 0.1) is 24.6 Å². The molecule has 4 atom stereocenters. The van der Waals surface area contributed by atoms with Gasteiger partial charge in [0.25, 0.3) is 5.91 Å². The van der Waals surface area contributed by atoms with Crippen LogP contribution in [0.15, 0.2) is 53.9 Å². The quantitative estimate of drug-likeness (QED) is 0.610. The van der Waals surface area contributed by atoms with Crippen LogP contribution in [0.4, 0.5) is 5.82 Å². The first-order valence-electron chi connectivity index (χ1n) is 10.5. The number of alkyl halides is 1. The number of carbonyl (C=O) groups is 2. The highest BCUT2D eigenvalue weighted by molar-refractivity contribution is 9.09. The van der Waals surface area contributed by atoms with E-state index < -0.39 is 6.04 Å². The molecule has 0 bridgehead atoms. The zero-order valence-corrected chi connectivity index (χ0v) is 19.0. The fourth-order valence-corrected chi connectivity index (χ4v) is 5.50. The van der Waals surface area contributed by atoms with Gasteiger partial charge >= 0.3 is 0 Å². The number of ether oxygens (including phenoxy) is 2. The van der Waals surface area contributed by atoms with E-state index in [1.807, 2.05) is 43.3 Å². The van der Waals surface area contributed by atoms with Crippen molar-refractivity contribution in [1.82, 2.24) is 4.98 Å². The Kier molecular flexibility index (Phi) is 5.08. The first-order chi connectivity index (χ1) is 15.0. The molecule has 3 heterocycles. The molecule has 1 saturated carbocycles. The predicted octanol–water partition coefficient (Wildman–Crippen LogP) is 4.27. The molecule has 1 fully saturated rings. The van der Waals surface area contributed by atoms with E-state index >= 15 is 0 Å². The van der Waals surface area contributed by atoms with Crippen molar-refractivity contribution in [2.75, 3.05) is 12.0 Å². The van der Waals surface area contributed by atoms with Gasteiger partial charge in [0.1, 0.15) is 17.7 Å². The van der Waals surface area contributed by atoms with Gasteiger partial charge in [-0.3, -0.25) is 14.5 Å². The molecule has 4 unspecified atom stereocenters. The third-order valence-electron chi connectivity index (χ3n) is 6.34. The molecular formula is C24H23BrN2O4. The first-order valence-corrected chi connectivity index (χ1v) is 11.4. The number of hydrogen-bond acceptors (Lipinski definition) is 5. The van der Waals surface area contributed by atoms with E-state index in [0.717, 1.165) is 24.0 Å². The summed E-state index contributed by atoms with van der Waals surface area (Å²) < 4.78 is 11.6. The number of benzene rings is 1. The number of fused-ring (bicyclic) bond motifs is 1. The maximum Gasteiger partial charge on any atom is 0.295 e. The molecule has 0 radical (unpaired) electrons. The molecule has 2 aromatic rings. The summed E-state index contributed by atoms with van der Waals surface area (Å²) in [6.45, 7) is 1.95. The summed E-state index contributed by atoms with van der Waals surface area (Å²) in [5.74, 6) is 0.792. The predicted molar refractivity (Wildman–Crippen MR) is 119 cm³/mol. The number of Topliss-reactive ketones (excluding diaryl/α,β-unsaturated/α-hetero) is 1. The van der Waals surface area contributed by atoms with Crippen LogP contribution < -0.4 is 9.64 Å². The van der Waals surface area contributed by atoms with Crippen LogP contribution in [0.25, 0.3) is 0 Å². The van der Waals surface area contributed by atoms with Crippen LogP contribution in [-0.2, 0) is 14.3 Å². The van der Waals surface area contributed by atoms with Crippen LogP contribution in [0.1, 0.15) is 36.4 Å². The number of nitrogens with zero attached hydrogens (tertiary/aromatic N) is 2. The second kappa shape index (κ2) is 7.79. The molecule has 1 aromatic carbocycles. The molecule has 0 spiro atoms. The minimum absolute atomic E-state index is 0.00622. The number of methoxy groups -OCH3 is 1. The van der Waals surface area contributed by atoms with Crippen molar-refractivity contribution in [3.05, 3.63) is 65.1 Å². The van der Waals surface area contributed by atoms with E-state index in [0.29, 0.717) is 23.6 Å². The number of halogens is 1. The summed E-state index contributed by atoms with van der Waals surface area (Å²) in [6, 6.07) is 10.6. The van der Waals surface area contributed by atoms with E-state index in [9.17, 15) is 9.59 Å². The topological polar surface area (TPSA) is 68.7 Å². The van der Waals surface area contributed by atoms with E-state index in [4.69, 9.17) is 9.47 Å². The van der Waals surface area contributed by atoms with Gasteiger partial charge in [-0.15, -0.1) is 0 Å². The Morgan fingerprint density at radius 2 is 2.03 bits per heavy atom. The Morgan fingerprint density at radius 3 is 2.81 bits per heavy atom. The van der Waals surface area contributed by atoms with Gasteiger partial charge < -0.3 is 9.47 Å². The second-order valence-corrected chi connectivity index (χ2v) is 9.62. The molecule has 1 amide bonds. The number of carbonyl (C=O) groups excluding carboxylic acids is 2. The SMILES string of the molecule is COc1cccc(C2C3=C(OC4CCC(Br)CC4C3=O)C(=O)N2c2cc(C)ccn2)c1. The summed E-state index contributed by atoms with van der Waals surface area (Å²) >= 11 is 3.67. The van der Waals surface area contributed by atoms with Gasteiger partial charge in [-0.2, -0.15) is 0 Å². The van der Waals surface area contributed by atoms with E-state index in [1.165, 1.54) is 0 Å². The van der Waals surface area contributed by atoms with Crippen molar-refractivity contribution in [2.45, 2.75) is 43.2 Å². The lowest BCUT2D eigenvalue weighted by Gasteiger charge is -2.37. The van der Waals surface area contributed by atoms with Crippen LogP contribution in [0.2, 0.25) is 0 Å². The van der Waals surface area contributed by atoms with Crippen molar-refractivity contribution in [3.63, 3.8) is 0 Å². The Balaban J connectivity index is 1.66. The number of aryl methyl sites for hydroxylation is 1. The maximum absolute atomic E-state index is 13.7. The molecular weight excluding hydrogens is 460 g/mol. The summed E-state index contributed by atoms with van der Waals surface area (Å²) in [5.41, 5.74) is 2.21. The van der Waals surface area contributed by atoms with E-state index in [-0.39, 0.29) is 34.3 Å². The van der Waals surface area contributed by atoms with Crippen molar-refractivity contribution in [2.24, 2.45) is 5.92 Å². The van der Waals surface area contributed by atoms with Crippen molar-refractivity contribution in [3.8, 4) is 5.75 Å². The minimum atomic E-state index is -0.601. The Bertz CT molecular complexity index is 1100. The van der Waals surface area contributed by atoms with Crippen molar-refractivity contribution in [1.29, 1.82) is 0 Å². The fraction of sp³-hybridized carbons (Fsp3) is 0.375. The monoisotopic (exact) mass is 482 g/mol. The lowest BCUT2D eigenvalue weighted by Crippen LogP contribution is -2.41. The molecule has 0 N–H and O–H groups in total. The third kappa shape index (κ3) is 3.35.